The first-order valence-corrected chi connectivity index (χ1v) is 10.8. The maximum atomic E-state index is 12.7. The molecule has 1 aromatic carbocycles. The number of carbonyl (C=O) groups is 2. The molecule has 0 saturated heterocycles. The molecule has 7 nitrogen and oxygen atoms in total. The minimum atomic E-state index is -3.64. The van der Waals surface area contributed by atoms with Crippen LogP contribution in [0.15, 0.2) is 23.1 Å². The predicted molar refractivity (Wildman–Crippen MR) is 101 cm³/mol. The van der Waals surface area contributed by atoms with Gasteiger partial charge in [-0.2, -0.15) is 0 Å². The Balaban J connectivity index is 1.66. The van der Waals surface area contributed by atoms with Crippen molar-refractivity contribution in [2.75, 3.05) is 11.4 Å². The van der Waals surface area contributed by atoms with Gasteiger partial charge >= 0.3 is 5.97 Å². The molecule has 1 unspecified atom stereocenters. The summed E-state index contributed by atoms with van der Waals surface area (Å²) in [6.45, 7) is 3.78. The molecule has 8 heteroatoms. The van der Waals surface area contributed by atoms with Crippen LogP contribution in [-0.4, -0.2) is 38.0 Å². The topological polar surface area (TPSA) is 104 Å². The molecule has 0 bridgehead atoms. The van der Waals surface area contributed by atoms with Gasteiger partial charge in [0.15, 0.2) is 0 Å². The Kier molecular flexibility index (Phi) is 5.58. The number of carbonyl (C=O) groups excluding carboxylic acids is 1. The molecule has 1 amide bonds. The number of nitrogens with one attached hydrogen (secondary N) is 1. The Bertz CT molecular complexity index is 844. The Labute approximate surface area is 159 Å². The SMILES string of the molecule is CC(=O)N1c2ccc(S(=O)(=O)NCC3CCC(C(=O)O)CC3)cc2CC1C. The zero-order chi connectivity index (χ0) is 19.8. The number of carboxylic acid groups (broad SMARTS) is 1. The van der Waals surface area contributed by atoms with Crippen LogP contribution in [0.2, 0.25) is 0 Å². The number of carboxylic acids is 1. The van der Waals surface area contributed by atoms with Crippen LogP contribution in [0.1, 0.15) is 45.1 Å². The largest absolute Gasteiger partial charge is 0.481 e. The predicted octanol–water partition coefficient (Wildman–Crippen LogP) is 2.15. The first kappa shape index (κ1) is 19.8. The normalized spacial score (nSPS) is 25.3. The third-order valence-corrected chi connectivity index (χ3v) is 7.10. The van der Waals surface area contributed by atoms with Gasteiger partial charge in [0.2, 0.25) is 15.9 Å². The zero-order valence-electron chi connectivity index (χ0n) is 15.6. The van der Waals surface area contributed by atoms with E-state index in [0.29, 0.717) is 25.8 Å². The van der Waals surface area contributed by atoms with Gasteiger partial charge in [-0.3, -0.25) is 9.59 Å². The number of nitrogens with zero attached hydrogens (tertiary/aromatic N) is 1. The number of hydrogen-bond donors (Lipinski definition) is 2. The average Bonchev–Trinajstić information content (AvgIpc) is 2.95. The highest BCUT2D eigenvalue weighted by molar-refractivity contribution is 7.89. The fraction of sp³-hybridized carbons (Fsp3) is 0.579. The molecule has 1 aliphatic heterocycles. The van der Waals surface area contributed by atoms with Crippen molar-refractivity contribution >= 4 is 27.6 Å². The van der Waals surface area contributed by atoms with Crippen LogP contribution >= 0.6 is 0 Å². The molecule has 1 aliphatic carbocycles. The Morgan fingerprint density at radius 2 is 1.89 bits per heavy atom. The highest BCUT2D eigenvalue weighted by atomic mass is 32.2. The lowest BCUT2D eigenvalue weighted by Crippen LogP contribution is -2.33. The van der Waals surface area contributed by atoms with E-state index < -0.39 is 16.0 Å². The molecule has 3 rings (SSSR count). The summed E-state index contributed by atoms with van der Waals surface area (Å²) in [6.07, 6.45) is 3.26. The van der Waals surface area contributed by atoms with E-state index in [-0.39, 0.29) is 28.7 Å². The Morgan fingerprint density at radius 3 is 2.48 bits per heavy atom. The van der Waals surface area contributed by atoms with Gasteiger partial charge in [0.25, 0.3) is 0 Å². The second kappa shape index (κ2) is 7.59. The highest BCUT2D eigenvalue weighted by Gasteiger charge is 2.31. The Morgan fingerprint density at radius 1 is 1.22 bits per heavy atom. The first-order chi connectivity index (χ1) is 12.7. The molecule has 1 fully saturated rings. The minimum absolute atomic E-state index is 0.0211. The summed E-state index contributed by atoms with van der Waals surface area (Å²) in [4.78, 5) is 24.7. The molecule has 1 atom stereocenters. The van der Waals surface area contributed by atoms with Gasteiger partial charge in [0.1, 0.15) is 0 Å². The summed E-state index contributed by atoms with van der Waals surface area (Å²) in [5, 5.41) is 9.04. The molecular formula is C19H26N2O5S. The van der Waals surface area contributed by atoms with Crippen molar-refractivity contribution in [2.45, 2.75) is 56.9 Å². The molecule has 1 aromatic rings. The van der Waals surface area contributed by atoms with E-state index in [2.05, 4.69) is 4.72 Å². The van der Waals surface area contributed by atoms with Crippen LogP contribution in [0.3, 0.4) is 0 Å². The lowest BCUT2D eigenvalue weighted by Gasteiger charge is -2.26. The van der Waals surface area contributed by atoms with Gasteiger partial charge in [-0.1, -0.05) is 0 Å². The second-order valence-electron chi connectivity index (χ2n) is 7.64. The summed E-state index contributed by atoms with van der Waals surface area (Å²) >= 11 is 0. The van der Waals surface area contributed by atoms with Crippen LogP contribution in [0, 0.1) is 11.8 Å². The molecule has 2 N–H and O–H groups in total. The third kappa shape index (κ3) is 4.16. The Hall–Kier alpha value is -1.93. The number of aliphatic carboxylic acids is 1. The summed E-state index contributed by atoms with van der Waals surface area (Å²) in [7, 11) is -3.64. The number of anilines is 1. The molecule has 0 radical (unpaired) electrons. The van der Waals surface area contributed by atoms with Crippen molar-refractivity contribution < 1.29 is 23.1 Å². The van der Waals surface area contributed by atoms with E-state index in [1.54, 1.807) is 17.0 Å². The standard InChI is InChI=1S/C19H26N2O5S/c1-12-9-16-10-17(7-8-18(16)21(12)13(2)22)27(25,26)20-11-14-3-5-15(6-4-14)19(23)24/h7-8,10,12,14-15,20H,3-6,9,11H2,1-2H3,(H,23,24). The molecule has 148 valence electrons. The maximum Gasteiger partial charge on any atom is 0.306 e. The number of hydrogen-bond acceptors (Lipinski definition) is 4. The van der Waals surface area contributed by atoms with Crippen LogP contribution in [0.5, 0.6) is 0 Å². The smallest absolute Gasteiger partial charge is 0.306 e. The number of amides is 1. The molecule has 1 heterocycles. The monoisotopic (exact) mass is 394 g/mol. The summed E-state index contributed by atoms with van der Waals surface area (Å²) in [5.41, 5.74) is 1.64. The molecule has 2 aliphatic rings. The number of sulfonamides is 1. The van der Waals surface area contributed by atoms with Crippen molar-refractivity contribution in [1.29, 1.82) is 0 Å². The molecule has 1 saturated carbocycles. The van der Waals surface area contributed by atoms with E-state index in [9.17, 15) is 18.0 Å². The highest BCUT2D eigenvalue weighted by Crippen LogP contribution is 2.34. The molecule has 0 spiro atoms. The lowest BCUT2D eigenvalue weighted by molar-refractivity contribution is -0.143. The molecular weight excluding hydrogens is 368 g/mol. The van der Waals surface area contributed by atoms with Gasteiger partial charge in [-0.25, -0.2) is 13.1 Å². The zero-order valence-corrected chi connectivity index (χ0v) is 16.5. The van der Waals surface area contributed by atoms with E-state index >= 15 is 0 Å². The third-order valence-electron chi connectivity index (χ3n) is 5.67. The van der Waals surface area contributed by atoms with E-state index in [1.165, 1.54) is 13.0 Å². The lowest BCUT2D eigenvalue weighted by atomic mass is 9.82. The van der Waals surface area contributed by atoms with Gasteiger partial charge in [-0.15, -0.1) is 0 Å². The van der Waals surface area contributed by atoms with Crippen molar-refractivity contribution in [2.24, 2.45) is 11.8 Å². The van der Waals surface area contributed by atoms with E-state index in [4.69, 9.17) is 5.11 Å². The van der Waals surface area contributed by atoms with Crippen molar-refractivity contribution in [3.63, 3.8) is 0 Å². The van der Waals surface area contributed by atoms with Gasteiger partial charge in [-0.05, 0) is 68.7 Å². The van der Waals surface area contributed by atoms with Gasteiger partial charge < -0.3 is 10.0 Å². The number of benzene rings is 1. The van der Waals surface area contributed by atoms with Crippen molar-refractivity contribution in [3.05, 3.63) is 23.8 Å². The van der Waals surface area contributed by atoms with Crippen LogP contribution < -0.4 is 9.62 Å². The number of rotatable bonds is 5. The summed E-state index contributed by atoms with van der Waals surface area (Å²) < 4.78 is 28.0. The minimum Gasteiger partial charge on any atom is -0.481 e. The maximum absolute atomic E-state index is 12.7. The van der Waals surface area contributed by atoms with E-state index in [0.717, 1.165) is 24.1 Å². The quantitative estimate of drug-likeness (QED) is 0.796. The van der Waals surface area contributed by atoms with Crippen molar-refractivity contribution in [3.8, 4) is 0 Å². The fourth-order valence-electron chi connectivity index (χ4n) is 4.18. The molecule has 0 aromatic heterocycles. The van der Waals surface area contributed by atoms with Gasteiger partial charge in [0.05, 0.1) is 10.8 Å². The summed E-state index contributed by atoms with van der Waals surface area (Å²) in [5.74, 6) is -0.952. The summed E-state index contributed by atoms with van der Waals surface area (Å²) in [6, 6.07) is 4.91. The van der Waals surface area contributed by atoms with Crippen LogP contribution in [0.25, 0.3) is 0 Å². The van der Waals surface area contributed by atoms with E-state index in [1.807, 2.05) is 6.92 Å². The molecule has 27 heavy (non-hydrogen) atoms. The fourth-order valence-corrected chi connectivity index (χ4v) is 5.35. The van der Waals surface area contributed by atoms with Crippen LogP contribution in [0.4, 0.5) is 5.69 Å². The number of fused-ring (bicyclic) bond motifs is 1. The van der Waals surface area contributed by atoms with Crippen molar-refractivity contribution in [1.82, 2.24) is 4.72 Å². The first-order valence-electron chi connectivity index (χ1n) is 9.34. The second-order valence-corrected chi connectivity index (χ2v) is 9.41. The average molecular weight is 394 g/mol. The van der Waals surface area contributed by atoms with Crippen LogP contribution in [-0.2, 0) is 26.0 Å². The van der Waals surface area contributed by atoms with Gasteiger partial charge in [0, 0.05) is 25.2 Å².